The fourth-order valence-corrected chi connectivity index (χ4v) is 4.22. The van der Waals surface area contributed by atoms with E-state index < -0.39 is 24.2 Å². The lowest BCUT2D eigenvalue weighted by Gasteiger charge is -2.27. The summed E-state index contributed by atoms with van der Waals surface area (Å²) in [5, 5.41) is 3.93. The first-order valence-electron chi connectivity index (χ1n) is 11.0. The normalized spacial score (nSPS) is 14.2. The zero-order valence-electron chi connectivity index (χ0n) is 19.4. The molecule has 0 aliphatic heterocycles. The second kappa shape index (κ2) is 8.79. The largest absolute Gasteiger partial charge is 0.456 e. The molecule has 0 aliphatic carbocycles. The van der Waals surface area contributed by atoms with Crippen molar-refractivity contribution >= 4 is 27.8 Å². The van der Waals surface area contributed by atoms with Crippen molar-refractivity contribution in [2.24, 2.45) is 18.7 Å². The van der Waals surface area contributed by atoms with Crippen LogP contribution in [0.2, 0.25) is 0 Å². The van der Waals surface area contributed by atoms with Gasteiger partial charge in [0.25, 0.3) is 0 Å². The van der Waals surface area contributed by atoms with Crippen LogP contribution in [0, 0.1) is 12.8 Å². The number of halogens is 3. The number of alkyl halides is 3. The molecule has 2 heterocycles. The summed E-state index contributed by atoms with van der Waals surface area (Å²) in [6.45, 7) is 5.55. The topological polar surface area (TPSA) is 86.1 Å². The minimum absolute atomic E-state index is 0.00542. The second-order valence-electron chi connectivity index (χ2n) is 9.04. The van der Waals surface area contributed by atoms with Gasteiger partial charge in [-0.05, 0) is 49.1 Å². The van der Waals surface area contributed by atoms with Gasteiger partial charge in [0, 0.05) is 23.4 Å². The highest BCUT2D eigenvalue weighted by Crippen LogP contribution is 2.38. The van der Waals surface area contributed by atoms with Crippen molar-refractivity contribution in [3.8, 4) is 11.3 Å². The van der Waals surface area contributed by atoms with Gasteiger partial charge in [-0.2, -0.15) is 13.2 Å². The molecule has 0 saturated carbocycles. The first-order chi connectivity index (χ1) is 16.0. The molecule has 0 bridgehead atoms. The maximum Gasteiger partial charge on any atom is 0.407 e. The van der Waals surface area contributed by atoms with Crippen molar-refractivity contribution in [2.45, 2.75) is 45.5 Å². The molecule has 4 rings (SSSR count). The molecular weight excluding hydrogens is 445 g/mol. The van der Waals surface area contributed by atoms with Crippen LogP contribution in [-0.2, 0) is 11.8 Å². The number of fused-ring (bicyclic) bond motifs is 3. The molecule has 0 aliphatic rings. The van der Waals surface area contributed by atoms with Gasteiger partial charge >= 0.3 is 6.18 Å². The Hall–Kier alpha value is -3.33. The second-order valence-corrected chi connectivity index (χ2v) is 9.04. The van der Waals surface area contributed by atoms with E-state index in [0.717, 1.165) is 22.5 Å². The van der Waals surface area contributed by atoms with Crippen molar-refractivity contribution in [3.63, 3.8) is 0 Å². The quantitative estimate of drug-likeness (QED) is 0.378. The van der Waals surface area contributed by atoms with E-state index in [-0.39, 0.29) is 17.9 Å². The molecule has 180 valence electrons. The van der Waals surface area contributed by atoms with Gasteiger partial charge in [-0.15, -0.1) is 0 Å². The zero-order valence-corrected chi connectivity index (χ0v) is 19.4. The molecule has 0 spiro atoms. The maximum absolute atomic E-state index is 14.0. The average Bonchev–Trinajstić information content (AvgIpc) is 3.28. The van der Waals surface area contributed by atoms with Gasteiger partial charge in [-0.25, -0.2) is 4.98 Å². The summed E-state index contributed by atoms with van der Waals surface area (Å²) in [5.74, 6) is 0.0501. The number of carbonyl (C=O) groups excluding carboxylic acids is 1. The number of nitrogens with zero attached hydrogens (tertiary/aromatic N) is 2. The van der Waals surface area contributed by atoms with E-state index in [4.69, 9.17) is 10.2 Å². The van der Waals surface area contributed by atoms with Crippen molar-refractivity contribution < 1.29 is 22.4 Å². The van der Waals surface area contributed by atoms with E-state index in [1.54, 1.807) is 18.3 Å². The molecule has 9 heteroatoms. The highest BCUT2D eigenvalue weighted by molar-refractivity contribution is 6.06. The van der Waals surface area contributed by atoms with Crippen LogP contribution >= 0.6 is 0 Å². The molecule has 6 nitrogen and oxygen atoms in total. The number of imidazole rings is 1. The lowest BCUT2D eigenvalue weighted by Crippen LogP contribution is -2.47. The fraction of sp³-hybridized carbons (Fsp3) is 0.360. The Morgan fingerprint density at radius 2 is 1.88 bits per heavy atom. The number of rotatable bonds is 7. The monoisotopic (exact) mass is 472 g/mol. The molecule has 34 heavy (non-hydrogen) atoms. The van der Waals surface area contributed by atoms with Gasteiger partial charge in [0.1, 0.15) is 23.0 Å². The van der Waals surface area contributed by atoms with Crippen molar-refractivity contribution in [1.82, 2.24) is 14.9 Å². The predicted molar refractivity (Wildman–Crippen MR) is 125 cm³/mol. The maximum atomic E-state index is 14.0. The van der Waals surface area contributed by atoms with Gasteiger partial charge in [0.05, 0.1) is 17.9 Å². The third kappa shape index (κ3) is 4.52. The minimum atomic E-state index is -4.63. The van der Waals surface area contributed by atoms with Gasteiger partial charge in [0.15, 0.2) is 0 Å². The number of nitrogens with two attached hydrogens (primary N) is 1. The van der Waals surface area contributed by atoms with Crippen LogP contribution in [0.25, 0.3) is 33.2 Å². The lowest BCUT2D eigenvalue weighted by molar-refractivity contribution is -0.160. The molecule has 1 amide bonds. The van der Waals surface area contributed by atoms with Gasteiger partial charge in [-0.3, -0.25) is 10.1 Å². The predicted octanol–water partition coefficient (Wildman–Crippen LogP) is 5.39. The number of benzene rings is 2. The molecule has 2 aromatic carbocycles. The Labute approximate surface area is 194 Å². The van der Waals surface area contributed by atoms with E-state index in [1.807, 2.05) is 44.5 Å². The highest BCUT2D eigenvalue weighted by Gasteiger charge is 2.43. The summed E-state index contributed by atoms with van der Waals surface area (Å²) < 4.78 is 49.9. The number of carbonyl (C=O) groups is 1. The fourth-order valence-electron chi connectivity index (χ4n) is 4.22. The minimum Gasteiger partial charge on any atom is -0.456 e. The van der Waals surface area contributed by atoms with Crippen molar-refractivity contribution in [2.75, 3.05) is 0 Å². The van der Waals surface area contributed by atoms with Crippen LogP contribution in [0.5, 0.6) is 0 Å². The number of furan rings is 1. The van der Waals surface area contributed by atoms with Crippen LogP contribution < -0.4 is 11.1 Å². The lowest BCUT2D eigenvalue weighted by atomic mass is 9.99. The summed E-state index contributed by atoms with van der Waals surface area (Å²) in [5.41, 5.74) is 8.09. The third-order valence-electron chi connectivity index (χ3n) is 6.09. The molecule has 3 N–H and O–H groups in total. The van der Waals surface area contributed by atoms with E-state index in [1.165, 1.54) is 12.1 Å². The standard InChI is InChI=1S/C25H27F3N4O2/c1-13(2)9-19(24(29)33)31-23(25(26,27)28)16-5-7-17-18-10-15(20-12-30-14(3)32(20)4)6-8-21(18)34-22(17)11-16/h5-8,10-13,19,23,31H,9H2,1-4H3,(H2,29,33)/t19?,23-/m0/s1. The number of aryl methyl sites for hydroxylation is 1. The number of hydrogen-bond donors (Lipinski definition) is 2. The summed E-state index contributed by atoms with van der Waals surface area (Å²) in [4.78, 5) is 16.1. The Balaban J connectivity index is 1.76. The number of aromatic nitrogens is 2. The van der Waals surface area contributed by atoms with Crippen molar-refractivity contribution in [1.29, 1.82) is 0 Å². The smallest absolute Gasteiger partial charge is 0.407 e. The van der Waals surface area contributed by atoms with Crippen LogP contribution in [0.4, 0.5) is 13.2 Å². The summed E-state index contributed by atoms with van der Waals surface area (Å²) in [7, 11) is 1.92. The number of nitrogens with one attached hydrogen (secondary N) is 1. The van der Waals surface area contributed by atoms with Gasteiger partial charge < -0.3 is 14.7 Å². The molecule has 2 atom stereocenters. The van der Waals surface area contributed by atoms with E-state index in [9.17, 15) is 18.0 Å². The number of hydrogen-bond acceptors (Lipinski definition) is 4. The Morgan fingerprint density at radius 1 is 1.15 bits per heavy atom. The third-order valence-corrected chi connectivity index (χ3v) is 6.09. The molecular formula is C25H27F3N4O2. The Morgan fingerprint density at radius 3 is 2.47 bits per heavy atom. The van der Waals surface area contributed by atoms with Crippen LogP contribution in [0.15, 0.2) is 47.0 Å². The zero-order chi connectivity index (χ0) is 24.8. The molecule has 0 saturated heterocycles. The molecule has 4 aromatic rings. The summed E-state index contributed by atoms with van der Waals surface area (Å²) in [6, 6.07) is 6.89. The van der Waals surface area contributed by atoms with E-state index >= 15 is 0 Å². The molecule has 2 aromatic heterocycles. The first-order valence-corrected chi connectivity index (χ1v) is 11.0. The average molecular weight is 473 g/mol. The van der Waals surface area contributed by atoms with Crippen LogP contribution in [-0.4, -0.2) is 27.7 Å². The molecule has 0 fully saturated rings. The van der Waals surface area contributed by atoms with Crippen molar-refractivity contribution in [3.05, 3.63) is 54.0 Å². The summed E-state index contributed by atoms with van der Waals surface area (Å²) in [6.07, 6.45) is -2.65. The SMILES string of the molecule is Cc1ncc(-c2ccc3oc4cc([C@H](NC(CC(C)C)C(N)=O)C(F)(F)F)ccc4c3c2)n1C. The van der Waals surface area contributed by atoms with E-state index in [2.05, 4.69) is 10.3 Å². The van der Waals surface area contributed by atoms with Crippen LogP contribution in [0.1, 0.15) is 37.7 Å². The molecule has 0 radical (unpaired) electrons. The Kier molecular flexibility index (Phi) is 6.16. The first kappa shape index (κ1) is 23.8. The number of primary amides is 1. The highest BCUT2D eigenvalue weighted by atomic mass is 19.4. The van der Waals surface area contributed by atoms with Gasteiger partial charge in [0.2, 0.25) is 5.91 Å². The van der Waals surface area contributed by atoms with E-state index in [0.29, 0.717) is 16.6 Å². The Bertz CT molecular complexity index is 1350. The number of amides is 1. The summed E-state index contributed by atoms with van der Waals surface area (Å²) >= 11 is 0. The van der Waals surface area contributed by atoms with Crippen LogP contribution in [0.3, 0.4) is 0 Å². The van der Waals surface area contributed by atoms with Gasteiger partial charge in [-0.1, -0.05) is 26.0 Å². The molecule has 1 unspecified atom stereocenters.